The molecule has 125 valence electrons. The zero-order valence-electron chi connectivity index (χ0n) is 13.3. The van der Waals surface area contributed by atoms with Crippen LogP contribution in [0.25, 0.3) is 0 Å². The average Bonchev–Trinajstić information content (AvgIpc) is 2.58. The molecule has 0 aliphatic carbocycles. The van der Waals surface area contributed by atoms with Crippen LogP contribution in [-0.4, -0.2) is 25.7 Å². The van der Waals surface area contributed by atoms with Crippen LogP contribution < -0.4 is 9.47 Å². The normalized spacial score (nSPS) is 9.91. The van der Waals surface area contributed by atoms with Gasteiger partial charge in [-0.25, -0.2) is 9.59 Å². The summed E-state index contributed by atoms with van der Waals surface area (Å²) in [6.45, 7) is 5.85. The van der Waals surface area contributed by atoms with Crippen LogP contribution in [0.5, 0.6) is 11.5 Å². The van der Waals surface area contributed by atoms with Crippen molar-refractivity contribution in [3.8, 4) is 11.5 Å². The molecule has 0 aromatic heterocycles. The van der Waals surface area contributed by atoms with Crippen molar-refractivity contribution < 1.29 is 23.8 Å². The second kappa shape index (κ2) is 12.3. The van der Waals surface area contributed by atoms with Gasteiger partial charge in [-0.15, -0.1) is 0 Å². The summed E-state index contributed by atoms with van der Waals surface area (Å²) in [4.78, 5) is 20.9. The molecule has 23 heavy (non-hydrogen) atoms. The Labute approximate surface area is 137 Å². The largest absolute Gasteiger partial charge is 0.494 e. The highest BCUT2D eigenvalue weighted by atomic mass is 16.5. The molecule has 0 aliphatic heterocycles. The van der Waals surface area contributed by atoms with E-state index in [9.17, 15) is 9.59 Å². The van der Waals surface area contributed by atoms with Crippen LogP contribution in [0.2, 0.25) is 0 Å². The molecule has 5 heteroatoms. The lowest BCUT2D eigenvalue weighted by molar-refractivity contribution is -0.137. The van der Waals surface area contributed by atoms with Gasteiger partial charge in [-0.2, -0.15) is 0 Å². The van der Waals surface area contributed by atoms with Crippen molar-refractivity contribution in [2.45, 2.75) is 38.5 Å². The fraction of sp³-hybridized carbons (Fsp3) is 0.444. The molecule has 0 spiro atoms. The number of unbranched alkanes of at least 4 members (excludes halogenated alkanes) is 5. The third-order valence-corrected chi connectivity index (χ3v) is 3.20. The van der Waals surface area contributed by atoms with E-state index in [-0.39, 0.29) is 5.97 Å². The van der Waals surface area contributed by atoms with Gasteiger partial charge in [0.1, 0.15) is 11.5 Å². The second-order valence-corrected chi connectivity index (χ2v) is 5.00. The van der Waals surface area contributed by atoms with Crippen molar-refractivity contribution in [3.05, 3.63) is 36.9 Å². The number of hydrogen-bond donors (Lipinski definition) is 0. The van der Waals surface area contributed by atoms with Crippen LogP contribution >= 0.6 is 0 Å². The number of hydrogen-bond acceptors (Lipinski definition) is 5. The molecule has 0 fully saturated rings. The van der Waals surface area contributed by atoms with Crippen molar-refractivity contribution >= 4 is 12.4 Å². The molecule has 0 saturated heterocycles. The lowest BCUT2D eigenvalue weighted by atomic mass is 10.1. The van der Waals surface area contributed by atoms with Gasteiger partial charge in [0, 0.05) is 6.08 Å². The number of carbonyl (C=O) groups excluding carboxylic acids is 2. The van der Waals surface area contributed by atoms with E-state index in [1.165, 1.54) is 12.5 Å². The van der Waals surface area contributed by atoms with E-state index in [2.05, 4.69) is 11.3 Å². The zero-order valence-corrected chi connectivity index (χ0v) is 13.3. The van der Waals surface area contributed by atoms with Gasteiger partial charge in [0.05, 0.1) is 13.2 Å². The number of benzene rings is 1. The van der Waals surface area contributed by atoms with Crippen LogP contribution in [0.4, 0.5) is 0 Å². The first-order valence-corrected chi connectivity index (χ1v) is 7.82. The van der Waals surface area contributed by atoms with E-state index in [1.54, 1.807) is 24.3 Å². The molecule has 0 bridgehead atoms. The zero-order chi connectivity index (χ0) is 16.8. The molecule has 0 N–H and O–H groups in total. The molecule has 0 unspecified atom stereocenters. The molecule has 0 heterocycles. The van der Waals surface area contributed by atoms with Crippen molar-refractivity contribution in [2.24, 2.45) is 0 Å². The summed E-state index contributed by atoms with van der Waals surface area (Å²) in [7, 11) is 0. The summed E-state index contributed by atoms with van der Waals surface area (Å²) >= 11 is 0. The van der Waals surface area contributed by atoms with Crippen LogP contribution in [-0.2, 0) is 14.3 Å². The number of carbonyl (C=O) groups is 1. The minimum Gasteiger partial charge on any atom is -0.494 e. The van der Waals surface area contributed by atoms with Gasteiger partial charge in [0.15, 0.2) is 0 Å². The Kier molecular flexibility index (Phi) is 10.00. The van der Waals surface area contributed by atoms with Crippen molar-refractivity contribution in [1.29, 1.82) is 0 Å². The van der Waals surface area contributed by atoms with Crippen molar-refractivity contribution in [1.82, 2.24) is 0 Å². The van der Waals surface area contributed by atoms with E-state index >= 15 is 0 Å². The highest BCUT2D eigenvalue weighted by molar-refractivity contribution is 5.81. The molecule has 5 nitrogen and oxygen atoms in total. The van der Waals surface area contributed by atoms with E-state index in [4.69, 9.17) is 9.47 Å². The smallest absolute Gasteiger partial charge is 0.423 e. The van der Waals surface area contributed by atoms with Gasteiger partial charge in [0.25, 0.3) is 0 Å². The third-order valence-electron chi connectivity index (χ3n) is 3.20. The molecule has 1 rings (SSSR count). The minimum atomic E-state index is -0.356. The Hall–Kier alpha value is -2.30. The summed E-state index contributed by atoms with van der Waals surface area (Å²) in [5.41, 5.74) is 0. The Bertz CT molecular complexity index is 467. The Morgan fingerprint density at radius 3 is 2.13 bits per heavy atom. The first-order chi connectivity index (χ1) is 11.3. The van der Waals surface area contributed by atoms with E-state index in [0.29, 0.717) is 19.0 Å². The van der Waals surface area contributed by atoms with E-state index < -0.39 is 0 Å². The quantitative estimate of drug-likeness (QED) is 0.316. The minimum absolute atomic E-state index is 0.356. The average molecular weight is 319 g/mol. The fourth-order valence-corrected chi connectivity index (χ4v) is 1.98. The molecule has 0 saturated carbocycles. The number of ether oxygens (including phenoxy) is 3. The number of rotatable bonds is 13. The molecule has 0 atom stereocenters. The first-order valence-electron chi connectivity index (χ1n) is 7.82. The highest BCUT2D eigenvalue weighted by Crippen LogP contribution is 2.17. The lowest BCUT2D eigenvalue weighted by Crippen LogP contribution is -2.01. The van der Waals surface area contributed by atoms with Crippen molar-refractivity contribution in [2.75, 3.05) is 13.2 Å². The standard InChI is InChI=1S/C18H23O5/c1-2-18(20)22-14-8-6-4-3-5-7-13-21-16-9-11-17(12-10-16)23-15-19/h2,9-12H,1,3-8,13-14H2. The van der Waals surface area contributed by atoms with E-state index in [0.717, 1.165) is 44.3 Å². The van der Waals surface area contributed by atoms with Crippen LogP contribution in [0, 0.1) is 0 Å². The van der Waals surface area contributed by atoms with Crippen LogP contribution in [0.3, 0.4) is 0 Å². The van der Waals surface area contributed by atoms with Gasteiger partial charge < -0.3 is 14.2 Å². The molecule has 1 radical (unpaired) electrons. The Morgan fingerprint density at radius 2 is 1.52 bits per heavy atom. The molecule has 1 aromatic carbocycles. The monoisotopic (exact) mass is 319 g/mol. The molecule has 0 amide bonds. The summed E-state index contributed by atoms with van der Waals surface area (Å²) in [6.07, 6.45) is 7.49. The van der Waals surface area contributed by atoms with Gasteiger partial charge in [-0.05, 0) is 37.1 Å². The third kappa shape index (κ3) is 9.34. The first kappa shape index (κ1) is 18.7. The second-order valence-electron chi connectivity index (χ2n) is 5.00. The highest BCUT2D eigenvalue weighted by Gasteiger charge is 1.98. The maximum absolute atomic E-state index is 10.8. The van der Waals surface area contributed by atoms with Gasteiger partial charge in [-0.3, -0.25) is 0 Å². The van der Waals surface area contributed by atoms with Gasteiger partial charge in [-0.1, -0.05) is 32.3 Å². The van der Waals surface area contributed by atoms with Crippen molar-refractivity contribution in [3.63, 3.8) is 0 Å². The summed E-state index contributed by atoms with van der Waals surface area (Å²) < 4.78 is 15.1. The van der Waals surface area contributed by atoms with Gasteiger partial charge in [0.2, 0.25) is 0 Å². The SMILES string of the molecule is C=CC(=O)OCCCCCCCCOc1ccc(O[C]=O)cc1. The lowest BCUT2D eigenvalue weighted by Gasteiger charge is -2.06. The molecule has 1 aromatic rings. The predicted octanol–water partition coefficient (Wildman–Crippen LogP) is 3.58. The predicted molar refractivity (Wildman–Crippen MR) is 87.1 cm³/mol. The molecule has 0 aliphatic rings. The number of esters is 1. The van der Waals surface area contributed by atoms with Gasteiger partial charge >= 0.3 is 12.4 Å². The van der Waals surface area contributed by atoms with Crippen LogP contribution in [0.15, 0.2) is 36.9 Å². The topological polar surface area (TPSA) is 61.8 Å². The molecular weight excluding hydrogens is 296 g/mol. The Balaban J connectivity index is 1.94. The molecular formula is C18H23O5. The van der Waals surface area contributed by atoms with Crippen LogP contribution in [0.1, 0.15) is 38.5 Å². The van der Waals surface area contributed by atoms with E-state index in [1.807, 2.05) is 0 Å². The Morgan fingerprint density at radius 1 is 0.957 bits per heavy atom. The summed E-state index contributed by atoms with van der Waals surface area (Å²) in [5, 5.41) is 0. The summed E-state index contributed by atoms with van der Waals surface area (Å²) in [5.74, 6) is 0.851. The summed E-state index contributed by atoms with van der Waals surface area (Å²) in [6, 6.07) is 6.85. The maximum atomic E-state index is 10.8. The fourth-order valence-electron chi connectivity index (χ4n) is 1.98. The maximum Gasteiger partial charge on any atom is 0.423 e.